The molecule has 0 N–H and O–H groups in total. The standard InChI is InChI=1S/C22H25NO3S/c1-14(2)25-20-10-8-16(12-18(20)22(24)26-15(3)4)9-11-21-23-19(13-27-21)17-6-5-7-17/h8,10,12-15,17H,5-7H2,1-4H3. The van der Waals surface area contributed by atoms with Crippen molar-refractivity contribution < 1.29 is 14.3 Å². The highest BCUT2D eigenvalue weighted by Gasteiger charge is 2.21. The molecule has 1 heterocycles. The quantitative estimate of drug-likeness (QED) is 0.528. The van der Waals surface area contributed by atoms with Crippen molar-refractivity contribution in [1.29, 1.82) is 0 Å². The Labute approximate surface area is 164 Å². The monoisotopic (exact) mass is 383 g/mol. The van der Waals surface area contributed by atoms with Crippen LogP contribution >= 0.6 is 11.3 Å². The molecule has 0 bridgehead atoms. The predicted molar refractivity (Wildman–Crippen MR) is 107 cm³/mol. The highest BCUT2D eigenvalue weighted by molar-refractivity contribution is 7.10. The van der Waals surface area contributed by atoms with Gasteiger partial charge in [0.2, 0.25) is 0 Å². The van der Waals surface area contributed by atoms with Crippen molar-refractivity contribution in [2.75, 3.05) is 0 Å². The number of benzene rings is 1. The van der Waals surface area contributed by atoms with E-state index in [4.69, 9.17) is 9.47 Å². The summed E-state index contributed by atoms with van der Waals surface area (Å²) in [6, 6.07) is 5.37. The SMILES string of the molecule is CC(C)OC(=O)c1cc(C#Cc2nc(C3CCC3)cs2)ccc1OC(C)C. The summed E-state index contributed by atoms with van der Waals surface area (Å²) in [4.78, 5) is 17.1. The van der Waals surface area contributed by atoms with Gasteiger partial charge in [-0.15, -0.1) is 11.3 Å². The Morgan fingerprint density at radius 2 is 1.96 bits per heavy atom. The Morgan fingerprint density at radius 1 is 1.19 bits per heavy atom. The first-order valence-corrected chi connectivity index (χ1v) is 10.3. The second-order valence-electron chi connectivity index (χ2n) is 7.29. The summed E-state index contributed by atoms with van der Waals surface area (Å²) in [5.74, 6) is 6.96. The van der Waals surface area contributed by atoms with Gasteiger partial charge in [-0.05, 0) is 64.7 Å². The Hall–Kier alpha value is -2.32. The number of esters is 1. The fourth-order valence-electron chi connectivity index (χ4n) is 2.76. The molecule has 0 aliphatic heterocycles. The third-order valence-electron chi connectivity index (χ3n) is 4.26. The Morgan fingerprint density at radius 3 is 2.59 bits per heavy atom. The highest BCUT2D eigenvalue weighted by atomic mass is 32.1. The molecule has 0 amide bonds. The fraction of sp³-hybridized carbons (Fsp3) is 0.455. The molecular formula is C22H25NO3S. The lowest BCUT2D eigenvalue weighted by Gasteiger charge is -2.22. The fourth-order valence-corrected chi connectivity index (χ4v) is 3.51. The predicted octanol–water partition coefficient (Wildman–Crippen LogP) is 5.16. The van der Waals surface area contributed by atoms with E-state index in [-0.39, 0.29) is 12.2 Å². The summed E-state index contributed by atoms with van der Waals surface area (Å²) in [5.41, 5.74) is 2.30. The van der Waals surface area contributed by atoms with Crippen LogP contribution in [-0.2, 0) is 4.74 Å². The zero-order valence-electron chi connectivity index (χ0n) is 16.2. The van der Waals surface area contributed by atoms with Gasteiger partial charge in [-0.2, -0.15) is 0 Å². The smallest absolute Gasteiger partial charge is 0.342 e. The van der Waals surface area contributed by atoms with Crippen LogP contribution in [0.3, 0.4) is 0 Å². The van der Waals surface area contributed by atoms with E-state index in [1.54, 1.807) is 23.5 Å². The largest absolute Gasteiger partial charge is 0.490 e. The van der Waals surface area contributed by atoms with E-state index in [1.807, 2.05) is 33.8 Å². The first kappa shape index (κ1) is 19.4. The molecule has 1 aromatic heterocycles. The van der Waals surface area contributed by atoms with Crippen LogP contribution in [0.4, 0.5) is 0 Å². The first-order chi connectivity index (χ1) is 12.9. The minimum atomic E-state index is -0.397. The Bertz CT molecular complexity index is 869. The van der Waals surface area contributed by atoms with Gasteiger partial charge in [0.15, 0.2) is 5.01 Å². The van der Waals surface area contributed by atoms with Crippen molar-refractivity contribution in [3.05, 3.63) is 45.4 Å². The molecule has 1 fully saturated rings. The second-order valence-corrected chi connectivity index (χ2v) is 8.15. The van der Waals surface area contributed by atoms with Crippen molar-refractivity contribution in [2.24, 2.45) is 0 Å². The maximum absolute atomic E-state index is 12.4. The third kappa shape index (κ3) is 5.11. The van der Waals surface area contributed by atoms with Crippen LogP contribution in [0.25, 0.3) is 0 Å². The lowest BCUT2D eigenvalue weighted by atomic mass is 9.83. The summed E-state index contributed by atoms with van der Waals surface area (Å²) in [5, 5.41) is 2.92. The lowest BCUT2D eigenvalue weighted by molar-refractivity contribution is 0.0372. The summed E-state index contributed by atoms with van der Waals surface area (Å²) >= 11 is 1.58. The highest BCUT2D eigenvalue weighted by Crippen LogP contribution is 2.36. The van der Waals surface area contributed by atoms with E-state index in [0.29, 0.717) is 17.2 Å². The topological polar surface area (TPSA) is 48.4 Å². The molecule has 27 heavy (non-hydrogen) atoms. The maximum atomic E-state index is 12.4. The molecule has 3 rings (SSSR count). The minimum Gasteiger partial charge on any atom is -0.490 e. The van der Waals surface area contributed by atoms with Gasteiger partial charge in [-0.25, -0.2) is 9.78 Å². The second kappa shape index (κ2) is 8.58. The summed E-state index contributed by atoms with van der Waals surface area (Å²) < 4.78 is 11.1. The number of aromatic nitrogens is 1. The van der Waals surface area contributed by atoms with Crippen LogP contribution in [0.2, 0.25) is 0 Å². The van der Waals surface area contributed by atoms with Gasteiger partial charge >= 0.3 is 5.97 Å². The molecule has 2 aromatic rings. The van der Waals surface area contributed by atoms with E-state index in [0.717, 1.165) is 16.3 Å². The summed E-state index contributed by atoms with van der Waals surface area (Å²) in [6.07, 6.45) is 3.53. The van der Waals surface area contributed by atoms with E-state index in [1.165, 1.54) is 19.3 Å². The van der Waals surface area contributed by atoms with Crippen molar-refractivity contribution in [2.45, 2.75) is 65.1 Å². The number of carbonyl (C=O) groups excluding carboxylic acids is 1. The molecule has 142 valence electrons. The first-order valence-electron chi connectivity index (χ1n) is 9.41. The minimum absolute atomic E-state index is 0.0345. The molecule has 0 unspecified atom stereocenters. The molecule has 1 aliphatic rings. The van der Waals surface area contributed by atoms with E-state index >= 15 is 0 Å². The molecule has 1 saturated carbocycles. The van der Waals surface area contributed by atoms with Crippen molar-refractivity contribution in [3.8, 4) is 17.6 Å². The van der Waals surface area contributed by atoms with Crippen LogP contribution in [-0.4, -0.2) is 23.2 Å². The molecule has 0 saturated heterocycles. The molecular weight excluding hydrogens is 358 g/mol. The number of nitrogens with zero attached hydrogens (tertiary/aromatic N) is 1. The van der Waals surface area contributed by atoms with Gasteiger partial charge in [-0.3, -0.25) is 0 Å². The van der Waals surface area contributed by atoms with Gasteiger partial charge in [0, 0.05) is 16.9 Å². The molecule has 1 aromatic carbocycles. The van der Waals surface area contributed by atoms with Crippen LogP contribution in [0, 0.1) is 11.8 Å². The molecule has 1 aliphatic carbocycles. The van der Waals surface area contributed by atoms with Gasteiger partial charge < -0.3 is 9.47 Å². The molecule has 0 atom stereocenters. The van der Waals surface area contributed by atoms with Crippen molar-refractivity contribution >= 4 is 17.3 Å². The summed E-state index contributed by atoms with van der Waals surface area (Å²) in [7, 11) is 0. The van der Waals surface area contributed by atoms with E-state index in [2.05, 4.69) is 22.2 Å². The molecule has 0 spiro atoms. The normalized spacial score (nSPS) is 13.9. The molecule has 5 heteroatoms. The lowest BCUT2D eigenvalue weighted by Crippen LogP contribution is -2.15. The van der Waals surface area contributed by atoms with Crippen LogP contribution in [0.5, 0.6) is 5.75 Å². The van der Waals surface area contributed by atoms with Crippen molar-refractivity contribution in [1.82, 2.24) is 4.98 Å². The number of hydrogen-bond acceptors (Lipinski definition) is 5. The molecule has 4 nitrogen and oxygen atoms in total. The van der Waals surface area contributed by atoms with Crippen molar-refractivity contribution in [3.63, 3.8) is 0 Å². The van der Waals surface area contributed by atoms with Gasteiger partial charge in [0.1, 0.15) is 11.3 Å². The average molecular weight is 384 g/mol. The maximum Gasteiger partial charge on any atom is 0.342 e. The third-order valence-corrected chi connectivity index (χ3v) is 5.04. The molecule has 0 radical (unpaired) electrons. The average Bonchev–Trinajstić information content (AvgIpc) is 2.99. The number of carbonyl (C=O) groups is 1. The van der Waals surface area contributed by atoms with Crippen LogP contribution in [0.1, 0.15) is 79.5 Å². The number of hydrogen-bond donors (Lipinski definition) is 0. The van der Waals surface area contributed by atoms with Gasteiger partial charge in [0.25, 0.3) is 0 Å². The zero-order valence-corrected chi connectivity index (χ0v) is 17.1. The zero-order chi connectivity index (χ0) is 19.4. The van der Waals surface area contributed by atoms with Gasteiger partial charge in [0.05, 0.1) is 17.9 Å². The number of thiazole rings is 1. The number of ether oxygens (including phenoxy) is 2. The van der Waals surface area contributed by atoms with Crippen LogP contribution < -0.4 is 4.74 Å². The van der Waals surface area contributed by atoms with E-state index in [9.17, 15) is 4.79 Å². The Balaban J connectivity index is 1.83. The Kier molecular flexibility index (Phi) is 6.18. The summed E-state index contributed by atoms with van der Waals surface area (Å²) in [6.45, 7) is 7.50. The van der Waals surface area contributed by atoms with E-state index < -0.39 is 5.97 Å². The number of rotatable bonds is 5. The van der Waals surface area contributed by atoms with Gasteiger partial charge in [-0.1, -0.05) is 12.3 Å². The van der Waals surface area contributed by atoms with Crippen LogP contribution in [0.15, 0.2) is 23.6 Å².